The molecule has 1 saturated heterocycles. The Morgan fingerprint density at radius 3 is 1.37 bits per heavy atom. The van der Waals surface area contributed by atoms with E-state index in [-0.39, 0.29) is 6.61 Å². The smallest absolute Gasteiger partial charge is 0.187 e. The summed E-state index contributed by atoms with van der Waals surface area (Å²) in [6, 6.07) is 40.3. The molecule has 1 aliphatic heterocycles. The Morgan fingerprint density at radius 1 is 0.488 bits per heavy atom. The van der Waals surface area contributed by atoms with E-state index in [2.05, 4.69) is 0 Å². The minimum atomic E-state index is -0.727. The van der Waals surface area contributed by atoms with Crippen molar-refractivity contribution >= 4 is 0 Å². The standard InChI is InChI=1S/C36H41NO6/c37-21-22-39-36-35(42-26-31-19-11-4-12-20-31)34(41-25-30-17-9-3-10-18-30)33(40-24-29-15-7-2-8-16-29)32(43-36)27-38-23-28-13-5-1-6-14-28/h1-20,32-36H,21-27,37H2/t32?,33-,34?,35-,36?/m1/s1. The van der Waals surface area contributed by atoms with Gasteiger partial charge in [-0.15, -0.1) is 0 Å². The molecule has 0 radical (unpaired) electrons. The molecule has 226 valence electrons. The molecule has 1 fully saturated rings. The van der Waals surface area contributed by atoms with Crippen molar-refractivity contribution in [1.29, 1.82) is 0 Å². The number of hydrogen-bond donors (Lipinski definition) is 1. The highest BCUT2D eigenvalue weighted by molar-refractivity contribution is 5.16. The van der Waals surface area contributed by atoms with E-state index in [9.17, 15) is 0 Å². The zero-order valence-electron chi connectivity index (χ0n) is 24.4. The largest absolute Gasteiger partial charge is 0.374 e. The second kappa shape index (κ2) is 17.0. The predicted molar refractivity (Wildman–Crippen MR) is 165 cm³/mol. The summed E-state index contributed by atoms with van der Waals surface area (Å²) in [6.45, 7) is 2.52. The first kappa shape index (κ1) is 31.0. The lowest BCUT2D eigenvalue weighted by Gasteiger charge is -2.45. The lowest BCUT2D eigenvalue weighted by Crippen LogP contribution is -2.62. The first-order valence-electron chi connectivity index (χ1n) is 14.9. The van der Waals surface area contributed by atoms with E-state index in [1.54, 1.807) is 0 Å². The maximum Gasteiger partial charge on any atom is 0.187 e. The Kier molecular flexibility index (Phi) is 12.3. The van der Waals surface area contributed by atoms with Crippen molar-refractivity contribution in [2.45, 2.75) is 57.1 Å². The van der Waals surface area contributed by atoms with Crippen LogP contribution in [0.1, 0.15) is 22.3 Å². The van der Waals surface area contributed by atoms with Gasteiger partial charge in [0.1, 0.15) is 24.4 Å². The zero-order chi connectivity index (χ0) is 29.5. The zero-order valence-corrected chi connectivity index (χ0v) is 24.4. The number of ether oxygens (including phenoxy) is 6. The van der Waals surface area contributed by atoms with Gasteiger partial charge in [0.15, 0.2) is 6.29 Å². The molecule has 0 bridgehead atoms. The minimum absolute atomic E-state index is 0.285. The second-order valence-electron chi connectivity index (χ2n) is 10.5. The topological polar surface area (TPSA) is 81.4 Å². The third-order valence-corrected chi connectivity index (χ3v) is 7.24. The molecule has 1 heterocycles. The highest BCUT2D eigenvalue weighted by Gasteiger charge is 2.49. The fraction of sp³-hybridized carbons (Fsp3) is 0.333. The number of hydrogen-bond acceptors (Lipinski definition) is 7. The number of nitrogens with two attached hydrogens (primary N) is 1. The lowest BCUT2D eigenvalue weighted by molar-refractivity contribution is -0.327. The Labute approximate surface area is 254 Å². The molecule has 7 heteroatoms. The van der Waals surface area contributed by atoms with Gasteiger partial charge in [-0.2, -0.15) is 0 Å². The normalized spacial score (nSPS) is 21.9. The highest BCUT2D eigenvalue weighted by Crippen LogP contribution is 2.31. The van der Waals surface area contributed by atoms with Crippen LogP contribution in [-0.4, -0.2) is 50.5 Å². The molecule has 5 rings (SSSR count). The molecule has 0 aliphatic carbocycles. The molecular weight excluding hydrogens is 542 g/mol. The van der Waals surface area contributed by atoms with E-state index in [4.69, 9.17) is 34.2 Å². The Hall–Kier alpha value is -3.40. The van der Waals surface area contributed by atoms with E-state index >= 15 is 0 Å². The molecule has 0 amide bonds. The van der Waals surface area contributed by atoms with Gasteiger partial charge in [0.05, 0.1) is 39.6 Å². The van der Waals surface area contributed by atoms with E-state index in [1.807, 2.05) is 121 Å². The summed E-state index contributed by atoms with van der Waals surface area (Å²) < 4.78 is 38.8. The monoisotopic (exact) mass is 583 g/mol. The number of benzene rings is 4. The average molecular weight is 584 g/mol. The van der Waals surface area contributed by atoms with Crippen molar-refractivity contribution in [1.82, 2.24) is 0 Å². The van der Waals surface area contributed by atoms with E-state index in [0.29, 0.717) is 39.6 Å². The van der Waals surface area contributed by atoms with Gasteiger partial charge in [-0.25, -0.2) is 0 Å². The van der Waals surface area contributed by atoms with Gasteiger partial charge in [0, 0.05) is 6.54 Å². The predicted octanol–water partition coefficient (Wildman–Crippen LogP) is 5.66. The van der Waals surface area contributed by atoms with E-state index < -0.39 is 30.7 Å². The lowest BCUT2D eigenvalue weighted by atomic mass is 9.97. The van der Waals surface area contributed by atoms with Gasteiger partial charge >= 0.3 is 0 Å². The minimum Gasteiger partial charge on any atom is -0.374 e. The molecule has 0 spiro atoms. The molecule has 2 N–H and O–H groups in total. The summed E-state index contributed by atoms with van der Waals surface area (Å²) in [5, 5.41) is 0. The molecule has 43 heavy (non-hydrogen) atoms. The summed E-state index contributed by atoms with van der Waals surface area (Å²) in [4.78, 5) is 0. The van der Waals surface area contributed by atoms with E-state index in [1.165, 1.54) is 0 Å². The number of rotatable bonds is 16. The molecule has 4 aromatic carbocycles. The molecule has 1 aliphatic rings. The second-order valence-corrected chi connectivity index (χ2v) is 10.5. The van der Waals surface area contributed by atoms with Gasteiger partial charge in [0.2, 0.25) is 0 Å². The molecule has 7 nitrogen and oxygen atoms in total. The van der Waals surface area contributed by atoms with Crippen LogP contribution in [0.15, 0.2) is 121 Å². The fourth-order valence-electron chi connectivity index (χ4n) is 5.07. The summed E-state index contributed by atoms with van der Waals surface area (Å²) in [7, 11) is 0. The van der Waals surface area contributed by atoms with Gasteiger partial charge in [-0.3, -0.25) is 0 Å². The van der Waals surface area contributed by atoms with Crippen molar-refractivity contribution in [3.05, 3.63) is 144 Å². The van der Waals surface area contributed by atoms with Crippen LogP contribution < -0.4 is 5.73 Å². The van der Waals surface area contributed by atoms with Crippen molar-refractivity contribution in [2.75, 3.05) is 19.8 Å². The van der Waals surface area contributed by atoms with Crippen LogP contribution in [0.2, 0.25) is 0 Å². The van der Waals surface area contributed by atoms with Crippen molar-refractivity contribution in [2.24, 2.45) is 5.73 Å². The first-order chi connectivity index (χ1) is 21.3. The highest BCUT2D eigenvalue weighted by atomic mass is 16.7. The third kappa shape index (κ3) is 9.55. The summed E-state index contributed by atoms with van der Waals surface area (Å²) >= 11 is 0. The molecular formula is C36H41NO6. The first-order valence-corrected chi connectivity index (χ1v) is 14.9. The Bertz CT molecular complexity index is 1290. The Balaban J connectivity index is 1.41. The average Bonchev–Trinajstić information content (AvgIpc) is 3.07. The summed E-state index contributed by atoms with van der Waals surface area (Å²) in [6.07, 6.45) is -2.81. The maximum atomic E-state index is 6.68. The van der Waals surface area contributed by atoms with Crippen molar-refractivity contribution in [3.63, 3.8) is 0 Å². The van der Waals surface area contributed by atoms with Gasteiger partial charge in [-0.05, 0) is 22.3 Å². The molecule has 5 atom stereocenters. The SMILES string of the molecule is NCCOC1OC(COCc2ccccc2)[C@@H](OCc2ccccc2)C(OCc2ccccc2)[C@H]1OCc1ccccc1. The Morgan fingerprint density at radius 2 is 0.907 bits per heavy atom. The fourth-order valence-corrected chi connectivity index (χ4v) is 5.07. The summed E-state index contributed by atoms with van der Waals surface area (Å²) in [5.41, 5.74) is 10.1. The van der Waals surface area contributed by atoms with Crippen LogP contribution in [0.25, 0.3) is 0 Å². The van der Waals surface area contributed by atoms with Crippen LogP contribution in [-0.2, 0) is 54.8 Å². The van der Waals surface area contributed by atoms with Gasteiger partial charge in [-0.1, -0.05) is 121 Å². The molecule has 4 aromatic rings. The van der Waals surface area contributed by atoms with Crippen LogP contribution in [0.5, 0.6) is 0 Å². The van der Waals surface area contributed by atoms with Crippen LogP contribution in [0.3, 0.4) is 0 Å². The van der Waals surface area contributed by atoms with Crippen molar-refractivity contribution in [3.8, 4) is 0 Å². The van der Waals surface area contributed by atoms with Crippen LogP contribution in [0.4, 0.5) is 0 Å². The van der Waals surface area contributed by atoms with Gasteiger partial charge < -0.3 is 34.2 Å². The third-order valence-electron chi connectivity index (χ3n) is 7.24. The van der Waals surface area contributed by atoms with Gasteiger partial charge in [0.25, 0.3) is 0 Å². The molecule has 0 aromatic heterocycles. The van der Waals surface area contributed by atoms with Crippen molar-refractivity contribution < 1.29 is 28.4 Å². The molecule has 3 unspecified atom stereocenters. The van der Waals surface area contributed by atoms with Crippen LogP contribution in [0, 0.1) is 0 Å². The quantitative estimate of drug-likeness (QED) is 0.182. The molecule has 0 saturated carbocycles. The maximum absolute atomic E-state index is 6.68. The van der Waals surface area contributed by atoms with E-state index in [0.717, 1.165) is 22.3 Å². The van der Waals surface area contributed by atoms with Crippen LogP contribution >= 0.6 is 0 Å². The summed E-state index contributed by atoms with van der Waals surface area (Å²) in [5.74, 6) is 0.